The minimum absolute atomic E-state index is 0.101. The summed E-state index contributed by atoms with van der Waals surface area (Å²) in [4.78, 5) is 38.3. The van der Waals surface area contributed by atoms with Gasteiger partial charge in [0.15, 0.2) is 0 Å². The van der Waals surface area contributed by atoms with E-state index in [0.717, 1.165) is 36.1 Å². The van der Waals surface area contributed by atoms with Crippen molar-refractivity contribution in [3.63, 3.8) is 0 Å². The summed E-state index contributed by atoms with van der Waals surface area (Å²) in [7, 11) is 1.32. The van der Waals surface area contributed by atoms with Gasteiger partial charge >= 0.3 is 11.6 Å². The molecule has 0 fully saturated rings. The van der Waals surface area contributed by atoms with E-state index < -0.39 is 17.5 Å². The molecule has 6 nitrogen and oxygen atoms in total. The van der Waals surface area contributed by atoms with Crippen LogP contribution in [0.5, 0.6) is 0 Å². The fraction of sp³-hybridized carbons (Fsp3) is 0.250. The lowest BCUT2D eigenvalue weighted by Gasteiger charge is -2.11. The Labute approximate surface area is 158 Å². The number of hydrogen-bond donors (Lipinski definition) is 1. The molecule has 0 saturated heterocycles. The van der Waals surface area contributed by atoms with Gasteiger partial charge in [0.2, 0.25) is 0 Å². The predicted octanol–water partition coefficient (Wildman–Crippen LogP) is 3.77. The van der Waals surface area contributed by atoms with Crippen LogP contribution >= 0.6 is 11.3 Å². The van der Waals surface area contributed by atoms with Crippen LogP contribution in [0.15, 0.2) is 39.5 Å². The molecule has 0 aliphatic heterocycles. The zero-order chi connectivity index (χ0) is 19.0. The van der Waals surface area contributed by atoms with Crippen LogP contribution in [0.3, 0.4) is 0 Å². The van der Waals surface area contributed by atoms with Gasteiger partial charge in [-0.1, -0.05) is 18.2 Å². The Bertz CT molecular complexity index is 1110. The van der Waals surface area contributed by atoms with Crippen LogP contribution in [0.1, 0.15) is 44.0 Å². The number of ether oxygens (including phenoxy) is 1. The third-order valence-electron chi connectivity index (χ3n) is 4.67. The van der Waals surface area contributed by atoms with E-state index >= 15 is 0 Å². The summed E-state index contributed by atoms with van der Waals surface area (Å²) >= 11 is 1.37. The number of carbonyl (C=O) groups excluding carboxylic acids is 2. The Morgan fingerprint density at radius 3 is 2.78 bits per heavy atom. The van der Waals surface area contributed by atoms with E-state index in [1.165, 1.54) is 24.5 Å². The molecule has 138 valence electrons. The summed E-state index contributed by atoms with van der Waals surface area (Å²) in [6.07, 6.45) is 3.70. The number of para-hydroxylation sites is 1. The monoisotopic (exact) mass is 383 g/mol. The molecule has 4 rings (SSSR count). The molecule has 1 N–H and O–H groups in total. The fourth-order valence-electron chi connectivity index (χ4n) is 3.36. The number of methoxy groups -OCH3 is 1. The van der Waals surface area contributed by atoms with E-state index in [9.17, 15) is 14.4 Å². The van der Waals surface area contributed by atoms with Crippen molar-refractivity contribution in [1.29, 1.82) is 0 Å². The molecule has 0 saturated carbocycles. The van der Waals surface area contributed by atoms with Crippen LogP contribution < -0.4 is 10.9 Å². The van der Waals surface area contributed by atoms with E-state index in [4.69, 9.17) is 9.15 Å². The molecular weight excluding hydrogens is 366 g/mol. The number of rotatable bonds is 3. The number of fused-ring (bicyclic) bond motifs is 2. The standard InChI is InChI=1S/C20H17NO5S/c1-25-20(24)16-12-7-3-5-9-15(12)27-18(16)21-17(22)13-10-11-6-2-4-8-14(11)26-19(13)23/h2,4,6,8,10H,3,5,7,9H2,1H3,(H,21,22). The van der Waals surface area contributed by atoms with Gasteiger partial charge in [0.25, 0.3) is 5.91 Å². The van der Waals surface area contributed by atoms with Gasteiger partial charge in [0.1, 0.15) is 16.1 Å². The lowest BCUT2D eigenvalue weighted by Crippen LogP contribution is -2.21. The van der Waals surface area contributed by atoms with E-state index in [-0.39, 0.29) is 5.56 Å². The molecule has 0 atom stereocenters. The average Bonchev–Trinajstić information content (AvgIpc) is 3.04. The first-order valence-corrected chi connectivity index (χ1v) is 9.47. The Hall–Kier alpha value is -2.93. The minimum Gasteiger partial charge on any atom is -0.465 e. The molecule has 27 heavy (non-hydrogen) atoms. The highest BCUT2D eigenvalue weighted by Crippen LogP contribution is 2.38. The first-order chi connectivity index (χ1) is 13.1. The number of amides is 1. The number of esters is 1. The first-order valence-electron chi connectivity index (χ1n) is 8.65. The molecule has 1 aliphatic carbocycles. The average molecular weight is 383 g/mol. The Balaban J connectivity index is 1.73. The van der Waals surface area contributed by atoms with E-state index in [1.807, 2.05) is 0 Å². The summed E-state index contributed by atoms with van der Waals surface area (Å²) in [6, 6.07) is 8.48. The summed E-state index contributed by atoms with van der Waals surface area (Å²) in [5, 5.41) is 3.80. The zero-order valence-electron chi connectivity index (χ0n) is 14.7. The number of benzene rings is 1. The molecule has 0 radical (unpaired) electrons. The van der Waals surface area contributed by atoms with Gasteiger partial charge in [-0.3, -0.25) is 4.79 Å². The van der Waals surface area contributed by atoms with Gasteiger partial charge in [-0.2, -0.15) is 0 Å². The third-order valence-corrected chi connectivity index (χ3v) is 5.88. The van der Waals surface area contributed by atoms with Crippen molar-refractivity contribution < 1.29 is 18.7 Å². The SMILES string of the molecule is COC(=O)c1c(NC(=O)c2cc3ccccc3oc2=O)sc2c1CCCC2. The van der Waals surface area contributed by atoms with E-state index in [0.29, 0.717) is 21.5 Å². The lowest BCUT2D eigenvalue weighted by atomic mass is 9.95. The zero-order valence-corrected chi connectivity index (χ0v) is 15.5. The maximum atomic E-state index is 12.7. The molecule has 0 unspecified atom stereocenters. The highest BCUT2D eigenvalue weighted by Gasteiger charge is 2.27. The van der Waals surface area contributed by atoms with Crippen LogP contribution in [0.2, 0.25) is 0 Å². The molecule has 2 aromatic heterocycles. The van der Waals surface area contributed by atoms with Crippen molar-refractivity contribution in [2.45, 2.75) is 25.7 Å². The molecule has 0 spiro atoms. The van der Waals surface area contributed by atoms with Crippen molar-refractivity contribution in [3.05, 3.63) is 62.3 Å². The number of thiophene rings is 1. The minimum atomic E-state index is -0.716. The summed E-state index contributed by atoms with van der Waals surface area (Å²) in [5.74, 6) is -1.08. The molecule has 7 heteroatoms. The maximum Gasteiger partial charge on any atom is 0.349 e. The fourth-order valence-corrected chi connectivity index (χ4v) is 4.64. The topological polar surface area (TPSA) is 85.6 Å². The van der Waals surface area contributed by atoms with Crippen molar-refractivity contribution in [2.24, 2.45) is 0 Å². The first kappa shape index (κ1) is 17.5. The third kappa shape index (κ3) is 3.14. The van der Waals surface area contributed by atoms with Crippen molar-refractivity contribution in [3.8, 4) is 0 Å². The van der Waals surface area contributed by atoms with Gasteiger partial charge < -0.3 is 14.5 Å². The highest BCUT2D eigenvalue weighted by atomic mass is 32.1. The molecule has 2 heterocycles. The normalized spacial score (nSPS) is 13.2. The molecule has 3 aromatic rings. The second kappa shape index (κ2) is 7.00. The summed E-state index contributed by atoms with van der Waals surface area (Å²) < 4.78 is 10.1. The molecular formula is C20H17NO5S. The van der Waals surface area contributed by atoms with Crippen LogP contribution in [0, 0.1) is 0 Å². The van der Waals surface area contributed by atoms with Crippen molar-refractivity contribution in [2.75, 3.05) is 12.4 Å². The van der Waals surface area contributed by atoms with Gasteiger partial charge in [-0.25, -0.2) is 9.59 Å². The lowest BCUT2D eigenvalue weighted by molar-refractivity contribution is 0.0601. The molecule has 1 amide bonds. The second-order valence-electron chi connectivity index (χ2n) is 6.35. The van der Waals surface area contributed by atoms with Gasteiger partial charge in [-0.05, 0) is 43.4 Å². The Kier molecular flexibility index (Phi) is 4.53. The van der Waals surface area contributed by atoms with Crippen molar-refractivity contribution >= 4 is 39.2 Å². The van der Waals surface area contributed by atoms with E-state index in [2.05, 4.69) is 5.32 Å². The second-order valence-corrected chi connectivity index (χ2v) is 7.45. The smallest absolute Gasteiger partial charge is 0.349 e. The number of anilines is 1. The van der Waals surface area contributed by atoms with Crippen LogP contribution in [0.4, 0.5) is 5.00 Å². The molecule has 1 aliphatic rings. The van der Waals surface area contributed by atoms with Gasteiger partial charge in [-0.15, -0.1) is 11.3 Å². The predicted molar refractivity (Wildman–Crippen MR) is 103 cm³/mol. The van der Waals surface area contributed by atoms with Crippen LogP contribution in [-0.2, 0) is 17.6 Å². The quantitative estimate of drug-likeness (QED) is 0.550. The Morgan fingerprint density at radius 2 is 1.96 bits per heavy atom. The molecule has 0 bridgehead atoms. The largest absolute Gasteiger partial charge is 0.465 e. The summed E-state index contributed by atoms with van der Waals surface area (Å²) in [5.41, 5.74) is 0.943. The van der Waals surface area contributed by atoms with Gasteiger partial charge in [0.05, 0.1) is 12.7 Å². The Morgan fingerprint density at radius 1 is 1.19 bits per heavy atom. The van der Waals surface area contributed by atoms with Gasteiger partial charge in [0, 0.05) is 10.3 Å². The highest BCUT2D eigenvalue weighted by molar-refractivity contribution is 7.17. The molecule has 1 aromatic carbocycles. The number of nitrogens with one attached hydrogen (secondary N) is 1. The van der Waals surface area contributed by atoms with Crippen molar-refractivity contribution in [1.82, 2.24) is 0 Å². The number of aryl methyl sites for hydroxylation is 1. The van der Waals surface area contributed by atoms with Crippen LogP contribution in [0.25, 0.3) is 11.0 Å². The number of hydrogen-bond acceptors (Lipinski definition) is 6. The van der Waals surface area contributed by atoms with E-state index in [1.54, 1.807) is 24.3 Å². The van der Waals surface area contributed by atoms with Crippen LogP contribution in [-0.4, -0.2) is 19.0 Å². The maximum absolute atomic E-state index is 12.7. The number of carbonyl (C=O) groups is 2. The summed E-state index contributed by atoms with van der Waals surface area (Å²) in [6.45, 7) is 0.